The van der Waals surface area contributed by atoms with Crippen molar-refractivity contribution in [2.24, 2.45) is 10.1 Å². The van der Waals surface area contributed by atoms with E-state index in [1.165, 1.54) is 30.6 Å². The summed E-state index contributed by atoms with van der Waals surface area (Å²) in [6.45, 7) is 0. The quantitative estimate of drug-likeness (QED) is 0.331. The second-order valence-electron chi connectivity index (χ2n) is 7.09. The number of aliphatic hydroxyl groups excluding tert-OH is 2. The van der Waals surface area contributed by atoms with Crippen molar-refractivity contribution in [1.82, 2.24) is 10.4 Å². The summed E-state index contributed by atoms with van der Waals surface area (Å²) in [5, 5.41) is 29.0. The molecule has 0 saturated carbocycles. The van der Waals surface area contributed by atoms with Crippen molar-refractivity contribution in [3.05, 3.63) is 95.3 Å². The van der Waals surface area contributed by atoms with E-state index in [1.807, 2.05) is 30.3 Å². The van der Waals surface area contributed by atoms with Crippen LogP contribution in [0.2, 0.25) is 5.02 Å². The van der Waals surface area contributed by atoms with Gasteiger partial charge >= 0.3 is 0 Å². The lowest BCUT2D eigenvalue weighted by atomic mass is 10.0. The molecule has 0 radical (unpaired) electrons. The minimum atomic E-state index is -1.28. The number of pyridine rings is 1. The van der Waals surface area contributed by atoms with Gasteiger partial charge in [0.15, 0.2) is 6.23 Å². The number of aliphatic hydroxyl groups is 2. The lowest BCUT2D eigenvalue weighted by Gasteiger charge is -2.25. The van der Waals surface area contributed by atoms with Crippen molar-refractivity contribution in [3.63, 3.8) is 0 Å². The number of aliphatic imine (C=N–C) groups is 1. The van der Waals surface area contributed by atoms with E-state index in [9.17, 15) is 15.0 Å². The predicted molar refractivity (Wildman–Crippen MR) is 129 cm³/mol. The molecule has 1 aliphatic heterocycles. The van der Waals surface area contributed by atoms with Gasteiger partial charge in [-0.15, -0.1) is 0 Å². The smallest absolute Gasteiger partial charge is 0.271 e. The highest BCUT2D eigenvalue weighted by Crippen LogP contribution is 2.32. The van der Waals surface area contributed by atoms with Gasteiger partial charge in [0.05, 0.1) is 11.4 Å². The van der Waals surface area contributed by atoms with E-state index >= 15 is 0 Å². The molecule has 1 aromatic heterocycles. The van der Waals surface area contributed by atoms with E-state index in [1.54, 1.807) is 24.3 Å². The molecule has 0 fully saturated rings. The molecule has 0 saturated heterocycles. The number of aromatic nitrogens is 1. The summed E-state index contributed by atoms with van der Waals surface area (Å²) in [7, 11) is 0. The monoisotopic (exact) mass is 461 g/mol. The molecule has 9 heteroatoms. The van der Waals surface area contributed by atoms with E-state index in [-0.39, 0.29) is 11.4 Å². The standard InChI is InChI=1S/C24H20ClN5O3/c25-17-7-8-18-19(14-17)28-24(33)22(27-18)21(20(31)9-6-15-4-2-1-3-5-15)29-30-23(32)16-10-12-26-13-11-16/h1-14,20,24,28,31,33H,(H,30,32)/b9-6+,29-21?. The lowest BCUT2D eigenvalue weighted by molar-refractivity contribution is 0.0954. The van der Waals surface area contributed by atoms with Gasteiger partial charge in [0.25, 0.3) is 5.91 Å². The minimum absolute atomic E-state index is 0.0230. The van der Waals surface area contributed by atoms with E-state index < -0.39 is 18.2 Å². The van der Waals surface area contributed by atoms with Crippen molar-refractivity contribution in [2.45, 2.75) is 12.3 Å². The lowest BCUT2D eigenvalue weighted by Crippen LogP contribution is -2.42. The Kier molecular flexibility index (Phi) is 6.89. The second kappa shape index (κ2) is 10.2. The third-order valence-corrected chi connectivity index (χ3v) is 5.02. The molecule has 0 spiro atoms. The molecule has 0 aliphatic carbocycles. The number of fused-ring (bicyclic) bond motifs is 1. The van der Waals surface area contributed by atoms with Gasteiger partial charge < -0.3 is 15.5 Å². The van der Waals surface area contributed by atoms with E-state index in [0.717, 1.165) is 5.56 Å². The number of nitrogens with zero attached hydrogens (tertiary/aromatic N) is 3. The number of hydrogen-bond acceptors (Lipinski definition) is 7. The summed E-state index contributed by atoms with van der Waals surface area (Å²) in [5.74, 6) is -0.500. The molecule has 2 aromatic carbocycles. The maximum Gasteiger partial charge on any atom is 0.271 e. The zero-order chi connectivity index (χ0) is 23.2. The first-order valence-electron chi connectivity index (χ1n) is 10.0. The number of rotatable bonds is 6. The van der Waals surface area contributed by atoms with Gasteiger partial charge in [-0.1, -0.05) is 48.0 Å². The second-order valence-corrected chi connectivity index (χ2v) is 7.53. The molecule has 3 aromatic rings. The molecule has 1 amide bonds. The zero-order valence-electron chi connectivity index (χ0n) is 17.3. The normalized spacial score (nSPS) is 16.5. The largest absolute Gasteiger partial charge is 0.383 e. The summed E-state index contributed by atoms with van der Waals surface area (Å²) in [6, 6.07) is 17.4. The molecule has 8 nitrogen and oxygen atoms in total. The molecule has 33 heavy (non-hydrogen) atoms. The van der Waals surface area contributed by atoms with Crippen LogP contribution in [0, 0.1) is 0 Å². The predicted octanol–water partition coefficient (Wildman–Crippen LogP) is 3.41. The Bertz CT molecular complexity index is 1230. The molecule has 0 bridgehead atoms. The highest BCUT2D eigenvalue weighted by Gasteiger charge is 2.28. The van der Waals surface area contributed by atoms with Gasteiger partial charge in [0, 0.05) is 23.0 Å². The summed E-state index contributed by atoms with van der Waals surface area (Å²) in [6.07, 6.45) is 3.62. The maximum atomic E-state index is 12.5. The number of nitrogens with one attached hydrogen (secondary N) is 2. The van der Waals surface area contributed by atoms with Crippen molar-refractivity contribution in [3.8, 4) is 0 Å². The van der Waals surface area contributed by atoms with Crippen LogP contribution in [0.1, 0.15) is 15.9 Å². The zero-order valence-corrected chi connectivity index (χ0v) is 18.0. The number of hydrazone groups is 1. The number of benzene rings is 2. The number of carbonyl (C=O) groups excluding carboxylic acids is 1. The first-order valence-corrected chi connectivity index (χ1v) is 10.4. The average molecular weight is 462 g/mol. The van der Waals surface area contributed by atoms with Gasteiger partial charge in [0.2, 0.25) is 0 Å². The molecule has 166 valence electrons. The molecular weight excluding hydrogens is 442 g/mol. The SMILES string of the molecule is O=C(NN=C(C1=Nc2ccc(Cl)cc2NC1O)C(O)/C=C/c1ccccc1)c1ccncc1. The van der Waals surface area contributed by atoms with Crippen LogP contribution < -0.4 is 10.7 Å². The number of anilines is 1. The van der Waals surface area contributed by atoms with Crippen LogP contribution in [0.15, 0.2) is 89.2 Å². The van der Waals surface area contributed by atoms with Gasteiger partial charge in [-0.3, -0.25) is 9.78 Å². The van der Waals surface area contributed by atoms with Gasteiger partial charge in [-0.2, -0.15) is 5.10 Å². The van der Waals surface area contributed by atoms with Crippen LogP contribution in [-0.2, 0) is 0 Å². The number of halogens is 1. The first-order chi connectivity index (χ1) is 16.0. The maximum absolute atomic E-state index is 12.5. The van der Waals surface area contributed by atoms with E-state index in [2.05, 4.69) is 25.8 Å². The fraction of sp³-hybridized carbons (Fsp3) is 0.0833. The highest BCUT2D eigenvalue weighted by molar-refractivity contribution is 6.47. The molecule has 4 rings (SSSR count). The van der Waals surface area contributed by atoms with Crippen LogP contribution in [0.4, 0.5) is 11.4 Å². The van der Waals surface area contributed by atoms with Crippen LogP contribution in [0.25, 0.3) is 6.08 Å². The Hall–Kier alpha value is -3.85. The average Bonchev–Trinajstić information content (AvgIpc) is 2.84. The molecule has 2 unspecified atom stereocenters. The van der Waals surface area contributed by atoms with Crippen molar-refractivity contribution in [2.75, 3.05) is 5.32 Å². The molecule has 2 heterocycles. The summed E-state index contributed by atoms with van der Waals surface area (Å²) < 4.78 is 0. The van der Waals surface area contributed by atoms with E-state index in [0.29, 0.717) is 22.0 Å². The topological polar surface area (TPSA) is 119 Å². The van der Waals surface area contributed by atoms with Crippen molar-refractivity contribution >= 4 is 46.4 Å². The summed E-state index contributed by atoms with van der Waals surface area (Å²) in [5.41, 5.74) is 4.70. The number of hydrogen-bond donors (Lipinski definition) is 4. The van der Waals surface area contributed by atoms with Crippen molar-refractivity contribution in [1.29, 1.82) is 0 Å². The third-order valence-electron chi connectivity index (χ3n) is 4.78. The van der Waals surface area contributed by atoms with Crippen LogP contribution in [0.5, 0.6) is 0 Å². The minimum Gasteiger partial charge on any atom is -0.383 e. The third kappa shape index (κ3) is 5.50. The Labute approximate surface area is 195 Å². The molecular formula is C24H20ClN5O3. The van der Waals surface area contributed by atoms with Crippen LogP contribution in [0.3, 0.4) is 0 Å². The molecule has 1 aliphatic rings. The Balaban J connectivity index is 1.68. The van der Waals surface area contributed by atoms with E-state index in [4.69, 9.17) is 11.6 Å². The Morgan fingerprint density at radius 1 is 1.15 bits per heavy atom. The number of carbonyl (C=O) groups is 1. The van der Waals surface area contributed by atoms with Gasteiger partial charge in [-0.25, -0.2) is 10.4 Å². The highest BCUT2D eigenvalue weighted by atomic mass is 35.5. The van der Waals surface area contributed by atoms with Crippen LogP contribution >= 0.6 is 11.6 Å². The Morgan fingerprint density at radius 3 is 2.67 bits per heavy atom. The van der Waals surface area contributed by atoms with Crippen molar-refractivity contribution < 1.29 is 15.0 Å². The fourth-order valence-electron chi connectivity index (χ4n) is 3.14. The van der Waals surface area contributed by atoms with Gasteiger partial charge in [0.1, 0.15) is 17.5 Å². The fourth-order valence-corrected chi connectivity index (χ4v) is 3.31. The molecule has 4 N–H and O–H groups in total. The summed E-state index contributed by atoms with van der Waals surface area (Å²) in [4.78, 5) is 20.8. The van der Waals surface area contributed by atoms with Gasteiger partial charge in [-0.05, 0) is 42.0 Å². The van der Waals surface area contributed by atoms with Crippen LogP contribution in [-0.4, -0.2) is 44.9 Å². The first kappa shape index (κ1) is 22.3. The Morgan fingerprint density at radius 2 is 1.91 bits per heavy atom. The number of amides is 1. The molecule has 2 atom stereocenters. The summed E-state index contributed by atoms with van der Waals surface area (Å²) >= 11 is 6.02.